The molecule has 0 radical (unpaired) electrons. The predicted molar refractivity (Wildman–Crippen MR) is 74.1 cm³/mol. The molecule has 0 spiro atoms. The highest BCUT2D eigenvalue weighted by Gasteiger charge is 2.59. The van der Waals surface area contributed by atoms with Crippen LogP contribution < -0.4 is 0 Å². The highest BCUT2D eigenvalue weighted by molar-refractivity contribution is 5.21. The molecule has 2 aliphatic carbocycles. The van der Waals surface area contributed by atoms with Crippen molar-refractivity contribution in [2.75, 3.05) is 13.7 Å². The smallest absolute Gasteiger partial charge is 0.130 e. The van der Waals surface area contributed by atoms with Crippen LogP contribution in [0, 0.1) is 29.1 Å². The number of rotatable bonds is 3. The van der Waals surface area contributed by atoms with Crippen LogP contribution in [0.2, 0.25) is 0 Å². The maximum absolute atomic E-state index is 10.9. The fourth-order valence-corrected chi connectivity index (χ4v) is 4.59. The fraction of sp³-hybridized carbons (Fsp3) is 0.875. The molecule has 0 aromatic rings. The van der Waals surface area contributed by atoms with Gasteiger partial charge in [0.15, 0.2) is 0 Å². The van der Waals surface area contributed by atoms with Crippen LogP contribution in [-0.2, 0) is 9.78 Å². The molecule has 2 rings (SSSR count). The Labute approximate surface area is 116 Å². The zero-order valence-electron chi connectivity index (χ0n) is 12.4. The largest absolute Gasteiger partial charge is 0.377 e. The first-order valence-electron chi connectivity index (χ1n) is 7.28. The molecule has 0 aromatic carbocycles. The molecule has 0 amide bonds. The Morgan fingerprint density at radius 2 is 2.00 bits per heavy atom. The Balaban J connectivity index is 2.32. The van der Waals surface area contributed by atoms with E-state index in [9.17, 15) is 5.11 Å². The second-order valence-corrected chi connectivity index (χ2v) is 6.80. The first-order valence-corrected chi connectivity index (χ1v) is 7.28. The summed E-state index contributed by atoms with van der Waals surface area (Å²) in [5.41, 5.74) is -1.14. The third kappa shape index (κ3) is 2.20. The lowest BCUT2D eigenvalue weighted by Crippen LogP contribution is -2.59. The van der Waals surface area contributed by atoms with E-state index in [2.05, 4.69) is 19.8 Å². The van der Waals surface area contributed by atoms with Crippen molar-refractivity contribution >= 4 is 0 Å². The molecule has 108 valence electrons. The molecule has 19 heavy (non-hydrogen) atoms. The Kier molecular flexibility index (Phi) is 3.97. The van der Waals surface area contributed by atoms with E-state index in [1.54, 1.807) is 7.11 Å². The second kappa shape index (κ2) is 5.09. The molecule has 0 aliphatic heterocycles. The van der Waals surface area contributed by atoms with Gasteiger partial charge in [0.1, 0.15) is 5.60 Å². The molecule has 4 atom stereocenters. The molecule has 0 aromatic heterocycles. The van der Waals surface area contributed by atoms with Gasteiger partial charge in [0, 0.05) is 5.41 Å². The molecule has 0 bridgehead atoms. The van der Waals surface area contributed by atoms with Gasteiger partial charge in [0.25, 0.3) is 0 Å². The van der Waals surface area contributed by atoms with Gasteiger partial charge in [0.2, 0.25) is 0 Å². The summed E-state index contributed by atoms with van der Waals surface area (Å²) in [6, 6.07) is 0. The van der Waals surface area contributed by atoms with E-state index in [0.29, 0.717) is 12.5 Å². The average Bonchev–Trinajstić information content (AvgIpc) is 2.39. The molecule has 3 heteroatoms. The Morgan fingerprint density at radius 1 is 1.26 bits per heavy atom. The van der Waals surface area contributed by atoms with Crippen LogP contribution in [0.25, 0.3) is 0 Å². The van der Waals surface area contributed by atoms with E-state index in [-0.39, 0.29) is 10.8 Å². The van der Waals surface area contributed by atoms with E-state index in [1.807, 2.05) is 0 Å². The van der Waals surface area contributed by atoms with E-state index >= 15 is 0 Å². The van der Waals surface area contributed by atoms with Crippen LogP contribution >= 0.6 is 0 Å². The number of hydrogen-bond donors (Lipinski definition) is 1. The van der Waals surface area contributed by atoms with E-state index in [0.717, 1.165) is 38.5 Å². The van der Waals surface area contributed by atoms with E-state index in [1.165, 1.54) is 0 Å². The van der Waals surface area contributed by atoms with Crippen LogP contribution in [-0.4, -0.2) is 24.4 Å². The fourth-order valence-electron chi connectivity index (χ4n) is 4.59. The molecule has 0 saturated heterocycles. The summed E-state index contributed by atoms with van der Waals surface area (Å²) in [6.45, 7) is 4.99. The van der Waals surface area contributed by atoms with Crippen molar-refractivity contribution in [1.82, 2.24) is 0 Å². The lowest BCUT2D eigenvalue weighted by molar-refractivity contribution is -0.303. The van der Waals surface area contributed by atoms with Gasteiger partial charge in [-0.1, -0.05) is 26.2 Å². The molecule has 0 heterocycles. The molecule has 3 nitrogen and oxygen atoms in total. The highest BCUT2D eigenvalue weighted by Crippen LogP contribution is 2.61. The monoisotopic (exact) mass is 266 g/mol. The van der Waals surface area contributed by atoms with Gasteiger partial charge in [-0.2, -0.15) is 0 Å². The predicted octanol–water partition coefficient (Wildman–Crippen LogP) is 2.93. The van der Waals surface area contributed by atoms with Gasteiger partial charge < -0.3 is 5.11 Å². The minimum atomic E-state index is -0.968. The van der Waals surface area contributed by atoms with Crippen molar-refractivity contribution < 1.29 is 14.9 Å². The second-order valence-electron chi connectivity index (χ2n) is 6.80. The van der Waals surface area contributed by atoms with Crippen LogP contribution in [0.15, 0.2) is 0 Å². The van der Waals surface area contributed by atoms with Crippen molar-refractivity contribution in [3.63, 3.8) is 0 Å². The number of hydrogen-bond acceptors (Lipinski definition) is 3. The summed E-state index contributed by atoms with van der Waals surface area (Å²) in [5, 5.41) is 10.9. The Hall–Kier alpha value is -0.560. The van der Waals surface area contributed by atoms with Crippen molar-refractivity contribution in [3.8, 4) is 12.3 Å². The third-order valence-electron chi connectivity index (χ3n) is 5.78. The Morgan fingerprint density at radius 3 is 2.63 bits per heavy atom. The summed E-state index contributed by atoms with van der Waals surface area (Å²) in [7, 11) is 1.55. The highest BCUT2D eigenvalue weighted by atomic mass is 17.2. The summed E-state index contributed by atoms with van der Waals surface area (Å²) in [6.07, 6.45) is 11.7. The van der Waals surface area contributed by atoms with Crippen LogP contribution in [0.1, 0.15) is 52.4 Å². The lowest BCUT2D eigenvalue weighted by atomic mass is 9.46. The molecular formula is C16H26O3. The van der Waals surface area contributed by atoms with Crippen molar-refractivity contribution in [2.45, 2.75) is 58.0 Å². The lowest BCUT2D eigenvalue weighted by Gasteiger charge is -2.59. The Bertz CT molecular complexity index is 375. The third-order valence-corrected chi connectivity index (χ3v) is 5.78. The van der Waals surface area contributed by atoms with E-state index in [4.69, 9.17) is 16.2 Å². The van der Waals surface area contributed by atoms with Crippen molar-refractivity contribution in [2.24, 2.45) is 16.7 Å². The van der Waals surface area contributed by atoms with E-state index < -0.39 is 5.60 Å². The van der Waals surface area contributed by atoms with Gasteiger partial charge in [-0.25, -0.2) is 9.78 Å². The van der Waals surface area contributed by atoms with Crippen LogP contribution in [0.5, 0.6) is 0 Å². The van der Waals surface area contributed by atoms with Gasteiger partial charge in [-0.3, -0.25) is 0 Å². The number of aliphatic hydroxyl groups is 1. The standard InChI is InChI=1S/C16H26O3/c1-5-16(17)11-6-8-13-14(2,12-19-18-4)9-7-10-15(13,16)3/h1,13,17H,6-12H2,2-4H3. The SMILES string of the molecule is C#CC1(O)CCCC2C(C)(COOC)CCCC21C. The first-order chi connectivity index (χ1) is 8.92. The molecule has 2 fully saturated rings. The summed E-state index contributed by atoms with van der Waals surface area (Å²) in [4.78, 5) is 10.0. The van der Waals surface area contributed by atoms with Crippen molar-refractivity contribution in [1.29, 1.82) is 0 Å². The molecule has 2 saturated carbocycles. The van der Waals surface area contributed by atoms with Crippen molar-refractivity contribution in [3.05, 3.63) is 0 Å². The molecule has 1 N–H and O–H groups in total. The van der Waals surface area contributed by atoms with Crippen LogP contribution in [0.4, 0.5) is 0 Å². The topological polar surface area (TPSA) is 38.7 Å². The van der Waals surface area contributed by atoms with Gasteiger partial charge >= 0.3 is 0 Å². The molecular weight excluding hydrogens is 240 g/mol. The first kappa shape index (κ1) is 14.8. The quantitative estimate of drug-likeness (QED) is 0.485. The van der Waals surface area contributed by atoms with Crippen LogP contribution in [0.3, 0.4) is 0 Å². The van der Waals surface area contributed by atoms with Gasteiger partial charge in [0.05, 0.1) is 13.7 Å². The number of terminal acetylenes is 1. The summed E-state index contributed by atoms with van der Waals surface area (Å²) >= 11 is 0. The minimum Gasteiger partial charge on any atom is -0.377 e. The minimum absolute atomic E-state index is 0.0360. The maximum atomic E-state index is 10.9. The van der Waals surface area contributed by atoms with Gasteiger partial charge in [-0.05, 0) is 43.4 Å². The average molecular weight is 266 g/mol. The normalized spacial score (nSPS) is 46.4. The molecule has 4 unspecified atom stereocenters. The summed E-state index contributed by atoms with van der Waals surface area (Å²) in [5.74, 6) is 3.09. The summed E-state index contributed by atoms with van der Waals surface area (Å²) < 4.78 is 0. The zero-order valence-corrected chi connectivity index (χ0v) is 12.4. The molecule has 2 aliphatic rings. The number of fused-ring (bicyclic) bond motifs is 1. The maximum Gasteiger partial charge on any atom is 0.130 e. The van der Waals surface area contributed by atoms with Gasteiger partial charge in [-0.15, -0.1) is 6.42 Å². The zero-order chi connectivity index (χ0) is 14.1.